The summed E-state index contributed by atoms with van der Waals surface area (Å²) < 4.78 is 2.27. The summed E-state index contributed by atoms with van der Waals surface area (Å²) in [7, 11) is 1.76. The van der Waals surface area contributed by atoms with Crippen molar-refractivity contribution >= 4 is 44.9 Å². The third kappa shape index (κ3) is 4.72. The van der Waals surface area contributed by atoms with Crippen molar-refractivity contribution in [2.24, 2.45) is 0 Å². The molecule has 0 spiro atoms. The molecule has 0 N–H and O–H groups in total. The summed E-state index contributed by atoms with van der Waals surface area (Å²) in [6.45, 7) is 3.99. The Morgan fingerprint density at radius 3 is 2.39 bits per heavy atom. The van der Waals surface area contributed by atoms with Gasteiger partial charge >= 0.3 is 0 Å². The van der Waals surface area contributed by atoms with E-state index in [4.69, 9.17) is 4.98 Å². The number of aryl methyl sites for hydroxylation is 2. The molecule has 0 aliphatic carbocycles. The fraction of sp³-hybridized carbons (Fsp3) is 0.138. The summed E-state index contributed by atoms with van der Waals surface area (Å²) in [6, 6.07) is 27.5. The van der Waals surface area contributed by atoms with Gasteiger partial charge in [-0.1, -0.05) is 72.4 Å². The van der Waals surface area contributed by atoms with Crippen molar-refractivity contribution in [3.05, 3.63) is 106 Å². The highest BCUT2D eigenvalue weighted by Crippen LogP contribution is 2.33. The van der Waals surface area contributed by atoms with Crippen LogP contribution >= 0.6 is 23.1 Å². The molecule has 0 atom stereocenters. The molecule has 7 heteroatoms. The van der Waals surface area contributed by atoms with Gasteiger partial charge in [0.25, 0.3) is 5.56 Å². The first kappa shape index (κ1) is 24.0. The predicted octanol–water partition coefficient (Wildman–Crippen LogP) is 6.49. The van der Waals surface area contributed by atoms with Crippen molar-refractivity contribution < 1.29 is 4.79 Å². The third-order valence-electron chi connectivity index (χ3n) is 6.02. The summed E-state index contributed by atoms with van der Waals surface area (Å²) in [6.07, 6.45) is 0. The van der Waals surface area contributed by atoms with E-state index in [1.165, 1.54) is 23.1 Å². The van der Waals surface area contributed by atoms with E-state index in [2.05, 4.69) is 0 Å². The average Bonchev–Trinajstić information content (AvgIpc) is 3.34. The van der Waals surface area contributed by atoms with Crippen molar-refractivity contribution in [3.63, 3.8) is 0 Å². The summed E-state index contributed by atoms with van der Waals surface area (Å²) >= 11 is 2.74. The topological polar surface area (TPSA) is 55.2 Å². The maximum atomic E-state index is 13.9. The maximum Gasteiger partial charge on any atom is 0.276 e. The zero-order chi connectivity index (χ0) is 25.2. The first-order chi connectivity index (χ1) is 17.4. The van der Waals surface area contributed by atoms with Crippen LogP contribution in [0.5, 0.6) is 0 Å². The summed E-state index contributed by atoms with van der Waals surface area (Å²) in [5.41, 5.74) is 5.21. The normalized spacial score (nSPS) is 11.1. The Kier molecular flexibility index (Phi) is 6.76. The van der Waals surface area contributed by atoms with Gasteiger partial charge in [-0.2, -0.15) is 0 Å². The molecule has 0 aliphatic rings. The molecule has 2 heterocycles. The fourth-order valence-electron chi connectivity index (χ4n) is 3.99. The van der Waals surface area contributed by atoms with Crippen LogP contribution in [0.1, 0.15) is 11.1 Å². The van der Waals surface area contributed by atoms with Crippen molar-refractivity contribution in [3.8, 4) is 16.1 Å². The SMILES string of the molecule is Cc1ccc(C)c(-n2c(SCC(=O)N(C)c3ccccc3)nc3cc(-c4ccccc4)sc3c2=O)c1. The Bertz CT molecular complexity index is 1610. The van der Waals surface area contributed by atoms with E-state index < -0.39 is 0 Å². The van der Waals surface area contributed by atoms with Crippen LogP contribution in [-0.2, 0) is 4.79 Å². The number of nitrogens with zero attached hydrogens (tertiary/aromatic N) is 3. The van der Waals surface area contributed by atoms with Crippen LogP contribution in [0.15, 0.2) is 94.9 Å². The first-order valence-electron chi connectivity index (χ1n) is 11.6. The van der Waals surface area contributed by atoms with Gasteiger partial charge in [0.15, 0.2) is 5.16 Å². The molecular formula is C29H25N3O2S2. The number of carbonyl (C=O) groups is 1. The van der Waals surface area contributed by atoms with Gasteiger partial charge in [0, 0.05) is 17.6 Å². The molecule has 0 aliphatic heterocycles. The molecular weight excluding hydrogens is 486 g/mol. The summed E-state index contributed by atoms with van der Waals surface area (Å²) in [5, 5.41) is 0.508. The number of thioether (sulfide) groups is 1. The largest absolute Gasteiger partial charge is 0.315 e. The van der Waals surface area contributed by atoms with Crippen molar-refractivity contribution in [2.75, 3.05) is 17.7 Å². The van der Waals surface area contributed by atoms with Crippen LogP contribution in [0.25, 0.3) is 26.3 Å². The number of carbonyl (C=O) groups excluding carboxylic acids is 1. The van der Waals surface area contributed by atoms with E-state index in [-0.39, 0.29) is 17.2 Å². The van der Waals surface area contributed by atoms with Gasteiger partial charge in [0.1, 0.15) is 4.70 Å². The van der Waals surface area contributed by atoms with E-state index in [0.29, 0.717) is 15.4 Å². The minimum atomic E-state index is -0.118. The van der Waals surface area contributed by atoms with E-state index in [1.54, 1.807) is 16.5 Å². The third-order valence-corrected chi connectivity index (χ3v) is 8.11. The van der Waals surface area contributed by atoms with E-state index in [1.807, 2.05) is 98.8 Å². The maximum absolute atomic E-state index is 13.9. The number of rotatable bonds is 6. The van der Waals surface area contributed by atoms with Gasteiger partial charge in [-0.05, 0) is 54.8 Å². The lowest BCUT2D eigenvalue weighted by Crippen LogP contribution is -2.28. The predicted molar refractivity (Wildman–Crippen MR) is 151 cm³/mol. The molecule has 0 saturated heterocycles. The highest BCUT2D eigenvalue weighted by Gasteiger charge is 2.20. The zero-order valence-electron chi connectivity index (χ0n) is 20.3. The van der Waals surface area contributed by atoms with Crippen molar-refractivity contribution in [1.29, 1.82) is 0 Å². The standard InChI is InChI=1S/C29H25N3O2S2/c1-19-14-15-20(2)24(16-19)32-28(34)27-23(17-25(36-27)21-10-6-4-7-11-21)30-29(32)35-18-26(33)31(3)22-12-8-5-9-13-22/h4-17H,18H2,1-3H3. The Morgan fingerprint density at radius 1 is 0.972 bits per heavy atom. The van der Waals surface area contributed by atoms with Gasteiger partial charge in [-0.15, -0.1) is 11.3 Å². The smallest absolute Gasteiger partial charge is 0.276 e. The minimum absolute atomic E-state index is 0.0663. The number of aromatic nitrogens is 2. The van der Waals surface area contributed by atoms with E-state index in [0.717, 1.165) is 32.9 Å². The van der Waals surface area contributed by atoms with Gasteiger partial charge in [-0.25, -0.2) is 4.98 Å². The van der Waals surface area contributed by atoms with Crippen molar-refractivity contribution in [1.82, 2.24) is 9.55 Å². The number of para-hydroxylation sites is 1. The van der Waals surface area contributed by atoms with Gasteiger partial charge in [0.05, 0.1) is 17.0 Å². The van der Waals surface area contributed by atoms with Crippen LogP contribution in [-0.4, -0.2) is 28.3 Å². The van der Waals surface area contributed by atoms with Gasteiger partial charge in [0.2, 0.25) is 5.91 Å². The number of anilines is 1. The fourth-order valence-corrected chi connectivity index (χ4v) is 5.94. The summed E-state index contributed by atoms with van der Waals surface area (Å²) in [4.78, 5) is 34.4. The number of benzene rings is 3. The second-order valence-electron chi connectivity index (χ2n) is 8.59. The zero-order valence-corrected chi connectivity index (χ0v) is 21.9. The van der Waals surface area contributed by atoms with Crippen LogP contribution in [0.2, 0.25) is 0 Å². The van der Waals surface area contributed by atoms with Crippen molar-refractivity contribution in [2.45, 2.75) is 19.0 Å². The van der Waals surface area contributed by atoms with Crippen LogP contribution in [0.3, 0.4) is 0 Å². The lowest BCUT2D eigenvalue weighted by molar-refractivity contribution is -0.115. The highest BCUT2D eigenvalue weighted by atomic mass is 32.2. The van der Waals surface area contributed by atoms with E-state index in [9.17, 15) is 9.59 Å². The minimum Gasteiger partial charge on any atom is -0.315 e. The Hall–Kier alpha value is -3.68. The van der Waals surface area contributed by atoms with Gasteiger partial charge in [-0.3, -0.25) is 14.2 Å². The number of fused-ring (bicyclic) bond motifs is 1. The number of thiophene rings is 1. The molecule has 0 fully saturated rings. The second kappa shape index (κ2) is 10.1. The Labute approximate surface area is 218 Å². The second-order valence-corrected chi connectivity index (χ2v) is 10.6. The summed E-state index contributed by atoms with van der Waals surface area (Å²) in [5.74, 6) is 0.0903. The molecule has 5 rings (SSSR count). The molecule has 36 heavy (non-hydrogen) atoms. The van der Waals surface area contributed by atoms with Crippen LogP contribution < -0.4 is 10.5 Å². The van der Waals surface area contributed by atoms with E-state index >= 15 is 0 Å². The number of amides is 1. The number of hydrogen-bond acceptors (Lipinski definition) is 5. The lowest BCUT2D eigenvalue weighted by atomic mass is 10.1. The molecule has 0 unspecified atom stereocenters. The Morgan fingerprint density at radius 2 is 1.67 bits per heavy atom. The molecule has 0 bridgehead atoms. The number of hydrogen-bond donors (Lipinski definition) is 0. The van der Waals surface area contributed by atoms with Crippen LogP contribution in [0.4, 0.5) is 5.69 Å². The first-order valence-corrected chi connectivity index (χ1v) is 13.4. The molecule has 3 aromatic carbocycles. The molecule has 0 saturated carbocycles. The monoisotopic (exact) mass is 511 g/mol. The molecule has 0 radical (unpaired) electrons. The molecule has 5 aromatic rings. The highest BCUT2D eigenvalue weighted by molar-refractivity contribution is 7.99. The Balaban J connectivity index is 1.59. The van der Waals surface area contributed by atoms with Crippen LogP contribution in [0, 0.1) is 13.8 Å². The molecule has 2 aromatic heterocycles. The molecule has 5 nitrogen and oxygen atoms in total. The van der Waals surface area contributed by atoms with Gasteiger partial charge < -0.3 is 4.90 Å². The quantitative estimate of drug-likeness (QED) is 0.193. The molecule has 180 valence electrons. The average molecular weight is 512 g/mol. The molecule has 1 amide bonds. The lowest BCUT2D eigenvalue weighted by Gasteiger charge is -2.18.